The Balaban J connectivity index is 2.69. The van der Waals surface area contributed by atoms with Crippen LogP contribution in [0.3, 0.4) is 0 Å². The molecule has 4 heteroatoms. The Morgan fingerprint density at radius 3 is 2.73 bits per heavy atom. The molecule has 0 aliphatic heterocycles. The minimum Gasteiger partial charge on any atom is -0.303 e. The number of carbonyl (C=O) groups excluding carboxylic acids is 1. The monoisotopic (exact) mass is 153 g/mol. The van der Waals surface area contributed by atoms with Gasteiger partial charge in [-0.25, -0.2) is 9.67 Å². The molecule has 0 bridgehead atoms. The van der Waals surface area contributed by atoms with Gasteiger partial charge in [0.25, 0.3) is 0 Å². The molecule has 0 amide bonds. The minimum atomic E-state index is 0.504. The van der Waals surface area contributed by atoms with E-state index in [2.05, 4.69) is 10.1 Å². The van der Waals surface area contributed by atoms with E-state index in [-0.39, 0.29) is 0 Å². The smallest absolute Gasteiger partial charge is 0.147 e. The van der Waals surface area contributed by atoms with Gasteiger partial charge < -0.3 is 4.79 Å². The molecule has 0 saturated carbocycles. The third-order valence-corrected chi connectivity index (χ3v) is 1.42. The average Bonchev–Trinajstić information content (AvgIpc) is 2.26. The summed E-state index contributed by atoms with van der Waals surface area (Å²) in [6.07, 6.45) is 1.39. The van der Waals surface area contributed by atoms with Crippen LogP contribution in [0.5, 0.6) is 0 Å². The number of hydrogen-bond donors (Lipinski definition) is 0. The van der Waals surface area contributed by atoms with Gasteiger partial charge in [-0.15, -0.1) is 0 Å². The second-order valence-corrected chi connectivity index (χ2v) is 2.38. The maximum atomic E-state index is 10.0. The second-order valence-electron chi connectivity index (χ2n) is 2.38. The highest BCUT2D eigenvalue weighted by atomic mass is 16.1. The van der Waals surface area contributed by atoms with E-state index < -0.39 is 0 Å². The number of aryl methyl sites for hydroxylation is 3. The number of rotatable bonds is 3. The van der Waals surface area contributed by atoms with E-state index in [1.807, 2.05) is 13.8 Å². The predicted octanol–water partition coefficient (Wildman–Crippen LogP) is 0.484. The van der Waals surface area contributed by atoms with Crippen LogP contribution < -0.4 is 0 Å². The molecule has 11 heavy (non-hydrogen) atoms. The zero-order valence-electron chi connectivity index (χ0n) is 6.74. The summed E-state index contributed by atoms with van der Waals surface area (Å²) in [7, 11) is 0. The molecule has 1 aromatic heterocycles. The first-order valence-corrected chi connectivity index (χ1v) is 3.55. The van der Waals surface area contributed by atoms with Crippen LogP contribution in [0.4, 0.5) is 0 Å². The SMILES string of the molecule is Cc1nc(C)n(CCC=O)n1. The third-order valence-electron chi connectivity index (χ3n) is 1.42. The molecule has 1 rings (SSSR count). The van der Waals surface area contributed by atoms with Crippen LogP contribution in [-0.2, 0) is 11.3 Å². The number of aldehydes is 1. The highest BCUT2D eigenvalue weighted by Crippen LogP contribution is 1.95. The standard InChI is InChI=1S/C7H11N3O/c1-6-8-7(2)10(9-6)4-3-5-11/h5H,3-4H2,1-2H3. The summed E-state index contributed by atoms with van der Waals surface area (Å²) in [5, 5.41) is 4.09. The highest BCUT2D eigenvalue weighted by Gasteiger charge is 1.99. The van der Waals surface area contributed by atoms with Crippen LogP contribution in [0, 0.1) is 13.8 Å². The van der Waals surface area contributed by atoms with Crippen molar-refractivity contribution < 1.29 is 4.79 Å². The molecule has 0 radical (unpaired) electrons. The van der Waals surface area contributed by atoms with Gasteiger partial charge in [0.15, 0.2) is 0 Å². The van der Waals surface area contributed by atoms with Crippen molar-refractivity contribution in [3.05, 3.63) is 11.6 Å². The molecule has 1 heterocycles. The summed E-state index contributed by atoms with van der Waals surface area (Å²) < 4.78 is 1.74. The zero-order chi connectivity index (χ0) is 8.27. The van der Waals surface area contributed by atoms with E-state index in [1.165, 1.54) is 0 Å². The molecule has 4 nitrogen and oxygen atoms in total. The highest BCUT2D eigenvalue weighted by molar-refractivity contribution is 5.48. The zero-order valence-corrected chi connectivity index (χ0v) is 6.74. The fourth-order valence-corrected chi connectivity index (χ4v) is 0.948. The van der Waals surface area contributed by atoms with E-state index in [0.29, 0.717) is 13.0 Å². The van der Waals surface area contributed by atoms with Crippen LogP contribution in [-0.4, -0.2) is 21.1 Å². The van der Waals surface area contributed by atoms with Crippen molar-refractivity contribution in [3.63, 3.8) is 0 Å². The molecule has 0 fully saturated rings. The van der Waals surface area contributed by atoms with E-state index >= 15 is 0 Å². The van der Waals surface area contributed by atoms with E-state index in [9.17, 15) is 4.79 Å². The lowest BCUT2D eigenvalue weighted by Crippen LogP contribution is -2.02. The van der Waals surface area contributed by atoms with Gasteiger partial charge in [0, 0.05) is 13.0 Å². The van der Waals surface area contributed by atoms with Crippen LogP contribution in [0.15, 0.2) is 0 Å². The summed E-state index contributed by atoms with van der Waals surface area (Å²) in [6, 6.07) is 0. The molecule has 0 N–H and O–H groups in total. The van der Waals surface area contributed by atoms with Crippen molar-refractivity contribution in [3.8, 4) is 0 Å². The number of nitrogens with zero attached hydrogens (tertiary/aromatic N) is 3. The molecular formula is C7H11N3O. The van der Waals surface area contributed by atoms with Gasteiger partial charge in [0.2, 0.25) is 0 Å². The summed E-state index contributed by atoms with van der Waals surface area (Å²) in [4.78, 5) is 14.1. The molecule has 0 saturated heterocycles. The summed E-state index contributed by atoms with van der Waals surface area (Å²) in [5.74, 6) is 1.62. The van der Waals surface area contributed by atoms with Crippen molar-refractivity contribution in [1.82, 2.24) is 14.8 Å². The van der Waals surface area contributed by atoms with E-state index in [0.717, 1.165) is 17.9 Å². The molecule has 0 aromatic carbocycles. The van der Waals surface area contributed by atoms with Crippen molar-refractivity contribution >= 4 is 6.29 Å². The maximum absolute atomic E-state index is 10.0. The first-order valence-electron chi connectivity index (χ1n) is 3.55. The van der Waals surface area contributed by atoms with Gasteiger partial charge in [0.1, 0.15) is 17.9 Å². The van der Waals surface area contributed by atoms with Crippen LogP contribution in [0.2, 0.25) is 0 Å². The minimum absolute atomic E-state index is 0.504. The Morgan fingerprint density at radius 1 is 1.55 bits per heavy atom. The lowest BCUT2D eigenvalue weighted by molar-refractivity contribution is -0.108. The van der Waals surface area contributed by atoms with Gasteiger partial charge in [-0.2, -0.15) is 5.10 Å². The Morgan fingerprint density at radius 2 is 2.27 bits per heavy atom. The first-order chi connectivity index (χ1) is 5.24. The second kappa shape index (κ2) is 3.27. The molecule has 0 aliphatic rings. The molecule has 0 unspecified atom stereocenters. The van der Waals surface area contributed by atoms with Crippen LogP contribution in [0.1, 0.15) is 18.1 Å². The lowest BCUT2D eigenvalue weighted by Gasteiger charge is -1.96. The van der Waals surface area contributed by atoms with E-state index in [4.69, 9.17) is 0 Å². The van der Waals surface area contributed by atoms with Crippen LogP contribution >= 0.6 is 0 Å². The lowest BCUT2D eigenvalue weighted by atomic mass is 10.5. The number of carbonyl (C=O) groups is 1. The normalized spacial score (nSPS) is 10.0. The summed E-state index contributed by atoms with van der Waals surface area (Å²) >= 11 is 0. The molecular weight excluding hydrogens is 142 g/mol. The fourth-order valence-electron chi connectivity index (χ4n) is 0.948. The van der Waals surface area contributed by atoms with Crippen molar-refractivity contribution in [1.29, 1.82) is 0 Å². The van der Waals surface area contributed by atoms with E-state index in [1.54, 1.807) is 4.68 Å². The maximum Gasteiger partial charge on any atom is 0.147 e. The largest absolute Gasteiger partial charge is 0.303 e. The Labute approximate surface area is 65.2 Å². The van der Waals surface area contributed by atoms with Crippen molar-refractivity contribution in [2.75, 3.05) is 0 Å². The first kappa shape index (κ1) is 7.91. The number of aromatic nitrogens is 3. The Kier molecular flexibility index (Phi) is 2.36. The van der Waals surface area contributed by atoms with Crippen molar-refractivity contribution in [2.45, 2.75) is 26.8 Å². The molecule has 0 spiro atoms. The molecule has 0 aliphatic carbocycles. The van der Waals surface area contributed by atoms with Gasteiger partial charge in [-0.05, 0) is 13.8 Å². The molecule has 60 valence electrons. The van der Waals surface area contributed by atoms with Crippen LogP contribution in [0.25, 0.3) is 0 Å². The molecule has 0 atom stereocenters. The van der Waals surface area contributed by atoms with Gasteiger partial charge >= 0.3 is 0 Å². The fraction of sp³-hybridized carbons (Fsp3) is 0.571. The van der Waals surface area contributed by atoms with Crippen molar-refractivity contribution in [2.24, 2.45) is 0 Å². The summed E-state index contributed by atoms with van der Waals surface area (Å²) in [6.45, 7) is 4.35. The summed E-state index contributed by atoms with van der Waals surface area (Å²) in [5.41, 5.74) is 0. The Bertz CT molecular complexity index is 254. The quantitative estimate of drug-likeness (QED) is 0.593. The average molecular weight is 153 g/mol. The van der Waals surface area contributed by atoms with Gasteiger partial charge in [0.05, 0.1) is 0 Å². The topological polar surface area (TPSA) is 47.8 Å². The molecule has 1 aromatic rings. The van der Waals surface area contributed by atoms with Gasteiger partial charge in [-0.1, -0.05) is 0 Å². The third kappa shape index (κ3) is 1.86. The number of hydrogen-bond acceptors (Lipinski definition) is 3. The Hall–Kier alpha value is -1.19. The predicted molar refractivity (Wildman–Crippen MR) is 40.2 cm³/mol. The van der Waals surface area contributed by atoms with Gasteiger partial charge in [-0.3, -0.25) is 0 Å².